The molecule has 3 rings (SSSR count). The van der Waals surface area contributed by atoms with E-state index in [1.165, 1.54) is 17.9 Å². The molecular formula is C20H25N3O5. The average molecular weight is 387 g/mol. The van der Waals surface area contributed by atoms with Gasteiger partial charge in [0.05, 0.1) is 20.3 Å². The van der Waals surface area contributed by atoms with Gasteiger partial charge in [0.15, 0.2) is 5.75 Å². The Kier molecular flexibility index (Phi) is 6.30. The maximum Gasteiger partial charge on any atom is 0.271 e. The molecule has 0 spiro atoms. The molecule has 2 atom stereocenters. The summed E-state index contributed by atoms with van der Waals surface area (Å²) in [6.45, 7) is 2.80. The predicted octanol–water partition coefficient (Wildman–Crippen LogP) is 1.78. The van der Waals surface area contributed by atoms with Crippen LogP contribution in [0.5, 0.6) is 11.5 Å². The molecule has 1 saturated heterocycles. The molecule has 2 heterocycles. The molecule has 0 bridgehead atoms. The Hall–Kier alpha value is -2.87. The Bertz CT molecular complexity index is 872. The molecule has 1 amide bonds. The van der Waals surface area contributed by atoms with E-state index in [1.807, 2.05) is 12.1 Å². The minimum absolute atomic E-state index is 0.0339. The lowest BCUT2D eigenvalue weighted by Crippen LogP contribution is -2.40. The van der Waals surface area contributed by atoms with Gasteiger partial charge in [-0.3, -0.25) is 9.59 Å². The maximum absolute atomic E-state index is 12.5. The zero-order chi connectivity index (χ0) is 20.1. The molecule has 0 aliphatic carbocycles. The SMILES string of the molecule is COc1ccc(-c2nn([C@H](C)C(=O)NC[C@@H]3CCCO3)c(=O)cc2OC)cc1. The van der Waals surface area contributed by atoms with E-state index in [1.54, 1.807) is 26.2 Å². The van der Waals surface area contributed by atoms with Crippen molar-refractivity contribution in [2.24, 2.45) is 0 Å². The number of hydrogen-bond donors (Lipinski definition) is 1. The fourth-order valence-electron chi connectivity index (χ4n) is 3.11. The van der Waals surface area contributed by atoms with E-state index < -0.39 is 11.6 Å². The van der Waals surface area contributed by atoms with Crippen LogP contribution in [0, 0.1) is 0 Å². The number of aromatic nitrogens is 2. The summed E-state index contributed by atoms with van der Waals surface area (Å²) in [6, 6.07) is 7.81. The minimum atomic E-state index is -0.767. The van der Waals surface area contributed by atoms with Crippen molar-refractivity contribution < 1.29 is 19.0 Å². The summed E-state index contributed by atoms with van der Waals surface area (Å²) >= 11 is 0. The second kappa shape index (κ2) is 8.88. The van der Waals surface area contributed by atoms with Crippen molar-refractivity contribution in [3.05, 3.63) is 40.7 Å². The standard InChI is InChI=1S/C20H25N3O5/c1-13(20(25)21-12-16-5-4-10-28-16)23-18(24)11-17(27-3)19(22-23)14-6-8-15(26-2)9-7-14/h6-9,11,13,16H,4-5,10,12H2,1-3H3,(H,21,25)/t13-,16+/m1/s1. The van der Waals surface area contributed by atoms with Crippen molar-refractivity contribution >= 4 is 5.91 Å². The molecule has 1 aromatic heterocycles. The third-order valence-corrected chi connectivity index (χ3v) is 4.78. The Morgan fingerprint density at radius 2 is 2.07 bits per heavy atom. The molecule has 0 saturated carbocycles. The number of ether oxygens (including phenoxy) is 3. The van der Waals surface area contributed by atoms with Crippen molar-refractivity contribution in [2.75, 3.05) is 27.4 Å². The smallest absolute Gasteiger partial charge is 0.271 e. The van der Waals surface area contributed by atoms with E-state index >= 15 is 0 Å². The molecule has 1 aliphatic rings. The fraction of sp³-hybridized carbons (Fsp3) is 0.450. The highest BCUT2D eigenvalue weighted by Crippen LogP contribution is 2.28. The van der Waals surface area contributed by atoms with E-state index in [0.29, 0.717) is 23.7 Å². The van der Waals surface area contributed by atoms with Crippen LogP contribution in [0.1, 0.15) is 25.8 Å². The van der Waals surface area contributed by atoms with Crippen molar-refractivity contribution in [3.63, 3.8) is 0 Å². The molecule has 150 valence electrons. The second-order valence-corrected chi connectivity index (χ2v) is 6.63. The predicted molar refractivity (Wildman–Crippen MR) is 104 cm³/mol. The Balaban J connectivity index is 1.85. The van der Waals surface area contributed by atoms with Gasteiger partial charge in [0.2, 0.25) is 5.91 Å². The van der Waals surface area contributed by atoms with Crippen LogP contribution in [-0.2, 0) is 9.53 Å². The topological polar surface area (TPSA) is 91.7 Å². The molecule has 28 heavy (non-hydrogen) atoms. The molecule has 8 heteroatoms. The van der Waals surface area contributed by atoms with Crippen LogP contribution in [-0.4, -0.2) is 49.2 Å². The van der Waals surface area contributed by atoms with Crippen molar-refractivity contribution in [2.45, 2.75) is 31.9 Å². The summed E-state index contributed by atoms with van der Waals surface area (Å²) in [5.74, 6) is 0.771. The van der Waals surface area contributed by atoms with Crippen molar-refractivity contribution in [1.29, 1.82) is 0 Å². The van der Waals surface area contributed by atoms with E-state index in [0.717, 1.165) is 25.0 Å². The largest absolute Gasteiger partial charge is 0.497 e. The number of hydrogen-bond acceptors (Lipinski definition) is 6. The lowest BCUT2D eigenvalue weighted by atomic mass is 10.1. The van der Waals surface area contributed by atoms with Gasteiger partial charge in [-0.05, 0) is 44.0 Å². The first-order valence-electron chi connectivity index (χ1n) is 9.25. The van der Waals surface area contributed by atoms with Crippen LogP contribution in [0.15, 0.2) is 35.1 Å². The number of amides is 1. The number of methoxy groups -OCH3 is 2. The van der Waals surface area contributed by atoms with E-state index in [2.05, 4.69) is 10.4 Å². The van der Waals surface area contributed by atoms with Crippen molar-refractivity contribution in [1.82, 2.24) is 15.1 Å². The highest BCUT2D eigenvalue weighted by atomic mass is 16.5. The van der Waals surface area contributed by atoms with Crippen LogP contribution in [0.3, 0.4) is 0 Å². The summed E-state index contributed by atoms with van der Waals surface area (Å²) in [5, 5.41) is 7.26. The molecule has 1 N–H and O–H groups in total. The summed E-state index contributed by atoms with van der Waals surface area (Å²) < 4.78 is 17.2. The first kappa shape index (κ1) is 19.9. The molecule has 1 fully saturated rings. The van der Waals surface area contributed by atoms with E-state index in [9.17, 15) is 9.59 Å². The molecule has 0 radical (unpaired) electrons. The number of carbonyl (C=O) groups is 1. The molecular weight excluding hydrogens is 362 g/mol. The second-order valence-electron chi connectivity index (χ2n) is 6.63. The summed E-state index contributed by atoms with van der Waals surface area (Å²) in [4.78, 5) is 25.0. The highest BCUT2D eigenvalue weighted by Gasteiger charge is 2.22. The van der Waals surface area contributed by atoms with Gasteiger partial charge in [-0.15, -0.1) is 0 Å². The maximum atomic E-state index is 12.5. The van der Waals surface area contributed by atoms with Gasteiger partial charge in [0, 0.05) is 24.8 Å². The van der Waals surface area contributed by atoms with Gasteiger partial charge in [-0.25, -0.2) is 4.68 Å². The third-order valence-electron chi connectivity index (χ3n) is 4.78. The molecule has 2 aromatic rings. The first-order valence-corrected chi connectivity index (χ1v) is 9.25. The third kappa shape index (κ3) is 4.33. The molecule has 1 aliphatic heterocycles. The Labute approximate surface area is 163 Å². The number of benzene rings is 1. The normalized spacial score (nSPS) is 17.2. The van der Waals surface area contributed by atoms with E-state index in [-0.39, 0.29) is 12.0 Å². The summed E-state index contributed by atoms with van der Waals surface area (Å²) in [7, 11) is 3.07. The van der Waals surface area contributed by atoms with Crippen LogP contribution in [0.25, 0.3) is 11.3 Å². The fourth-order valence-corrected chi connectivity index (χ4v) is 3.11. The zero-order valence-corrected chi connectivity index (χ0v) is 16.3. The van der Waals surface area contributed by atoms with Gasteiger partial charge in [0.1, 0.15) is 17.5 Å². The van der Waals surface area contributed by atoms with Crippen LogP contribution >= 0.6 is 0 Å². The average Bonchev–Trinajstić information content (AvgIpc) is 3.25. The highest BCUT2D eigenvalue weighted by molar-refractivity contribution is 5.80. The number of carbonyl (C=O) groups excluding carboxylic acids is 1. The van der Waals surface area contributed by atoms with Crippen LogP contribution in [0.4, 0.5) is 0 Å². The minimum Gasteiger partial charge on any atom is -0.497 e. The van der Waals surface area contributed by atoms with E-state index in [4.69, 9.17) is 14.2 Å². The Morgan fingerprint density at radius 3 is 2.68 bits per heavy atom. The lowest BCUT2D eigenvalue weighted by Gasteiger charge is -2.18. The van der Waals surface area contributed by atoms with Crippen LogP contribution < -0.4 is 20.3 Å². The number of nitrogens with one attached hydrogen (secondary N) is 1. The quantitative estimate of drug-likeness (QED) is 0.779. The lowest BCUT2D eigenvalue weighted by molar-refractivity contribution is -0.124. The number of rotatable bonds is 7. The van der Waals surface area contributed by atoms with Crippen LogP contribution in [0.2, 0.25) is 0 Å². The molecule has 0 unspecified atom stereocenters. The number of nitrogens with zero attached hydrogens (tertiary/aromatic N) is 2. The van der Waals surface area contributed by atoms with Gasteiger partial charge in [-0.2, -0.15) is 5.10 Å². The Morgan fingerprint density at radius 1 is 1.32 bits per heavy atom. The van der Waals surface area contributed by atoms with Crippen molar-refractivity contribution in [3.8, 4) is 22.8 Å². The van der Waals surface area contributed by atoms with Gasteiger partial charge in [-0.1, -0.05) is 0 Å². The molecule has 1 aromatic carbocycles. The first-order chi connectivity index (χ1) is 13.5. The zero-order valence-electron chi connectivity index (χ0n) is 16.3. The molecule has 8 nitrogen and oxygen atoms in total. The van der Waals surface area contributed by atoms with Gasteiger partial charge >= 0.3 is 0 Å². The monoisotopic (exact) mass is 387 g/mol. The summed E-state index contributed by atoms with van der Waals surface area (Å²) in [6.07, 6.45) is 1.96. The summed E-state index contributed by atoms with van der Waals surface area (Å²) in [5.41, 5.74) is 0.816. The van der Waals surface area contributed by atoms with Gasteiger partial charge in [0.25, 0.3) is 5.56 Å². The van der Waals surface area contributed by atoms with Gasteiger partial charge < -0.3 is 19.5 Å².